The predicted octanol–water partition coefficient (Wildman–Crippen LogP) is 2.94. The molecule has 2 N–H and O–H groups in total. The van der Waals surface area contributed by atoms with Crippen LogP contribution in [0.1, 0.15) is 48.9 Å². The van der Waals surface area contributed by atoms with Gasteiger partial charge in [0.15, 0.2) is 17.3 Å². The number of nitrogens with zero attached hydrogens (tertiary/aromatic N) is 1. The van der Waals surface area contributed by atoms with Crippen LogP contribution in [0.4, 0.5) is 0 Å². The summed E-state index contributed by atoms with van der Waals surface area (Å²) >= 11 is 0. The van der Waals surface area contributed by atoms with Gasteiger partial charge in [0.2, 0.25) is 0 Å². The SMILES string of the molecule is O=C(CN1CCC2(CCCC2)CC1)c1ccc(O)c(O)c1. The molecule has 21 heavy (non-hydrogen) atoms. The van der Waals surface area contributed by atoms with Crippen molar-refractivity contribution < 1.29 is 15.0 Å². The van der Waals surface area contributed by atoms with Crippen molar-refractivity contribution in [2.45, 2.75) is 38.5 Å². The van der Waals surface area contributed by atoms with E-state index in [1.165, 1.54) is 50.7 Å². The third-order valence-electron chi connectivity index (χ3n) is 5.25. The molecule has 1 aromatic carbocycles. The highest BCUT2D eigenvalue weighted by Gasteiger charge is 2.37. The van der Waals surface area contributed by atoms with Gasteiger partial charge in [-0.1, -0.05) is 12.8 Å². The van der Waals surface area contributed by atoms with E-state index in [4.69, 9.17) is 0 Å². The fourth-order valence-corrected chi connectivity index (χ4v) is 3.80. The molecular weight excluding hydrogens is 266 g/mol. The van der Waals surface area contributed by atoms with Gasteiger partial charge < -0.3 is 10.2 Å². The molecule has 0 amide bonds. The number of aromatic hydroxyl groups is 2. The largest absolute Gasteiger partial charge is 0.504 e. The van der Waals surface area contributed by atoms with Gasteiger partial charge in [0.25, 0.3) is 0 Å². The van der Waals surface area contributed by atoms with E-state index in [-0.39, 0.29) is 17.3 Å². The average molecular weight is 289 g/mol. The van der Waals surface area contributed by atoms with Gasteiger partial charge >= 0.3 is 0 Å². The standard InChI is InChI=1S/C17H23NO3/c19-14-4-3-13(11-15(14)20)16(21)12-18-9-7-17(8-10-18)5-1-2-6-17/h3-4,11,19-20H,1-2,5-10,12H2. The van der Waals surface area contributed by atoms with E-state index < -0.39 is 0 Å². The van der Waals surface area contributed by atoms with Gasteiger partial charge in [-0.2, -0.15) is 0 Å². The summed E-state index contributed by atoms with van der Waals surface area (Å²) in [5, 5.41) is 18.8. The molecule has 0 bridgehead atoms. The predicted molar refractivity (Wildman–Crippen MR) is 80.7 cm³/mol. The van der Waals surface area contributed by atoms with Gasteiger partial charge in [0.05, 0.1) is 6.54 Å². The molecule has 114 valence electrons. The van der Waals surface area contributed by atoms with Gasteiger partial charge in [0.1, 0.15) is 0 Å². The van der Waals surface area contributed by atoms with E-state index in [9.17, 15) is 15.0 Å². The number of benzene rings is 1. The van der Waals surface area contributed by atoms with Crippen LogP contribution in [0.3, 0.4) is 0 Å². The van der Waals surface area contributed by atoms with E-state index in [0.29, 0.717) is 17.5 Å². The van der Waals surface area contributed by atoms with Gasteiger partial charge in [-0.3, -0.25) is 9.69 Å². The Morgan fingerprint density at radius 1 is 1.05 bits per heavy atom. The zero-order valence-corrected chi connectivity index (χ0v) is 12.3. The highest BCUT2D eigenvalue weighted by molar-refractivity contribution is 5.98. The fraction of sp³-hybridized carbons (Fsp3) is 0.588. The summed E-state index contributed by atoms with van der Waals surface area (Å²) in [6.07, 6.45) is 7.88. The number of carbonyl (C=O) groups excluding carboxylic acids is 1. The third kappa shape index (κ3) is 3.05. The van der Waals surface area contributed by atoms with Gasteiger partial charge in [-0.05, 0) is 62.4 Å². The molecule has 1 aromatic rings. The smallest absolute Gasteiger partial charge is 0.176 e. The van der Waals surface area contributed by atoms with E-state index in [1.54, 1.807) is 6.07 Å². The maximum absolute atomic E-state index is 12.3. The summed E-state index contributed by atoms with van der Waals surface area (Å²) in [6, 6.07) is 4.28. The molecule has 0 aromatic heterocycles. The van der Waals surface area contributed by atoms with E-state index >= 15 is 0 Å². The number of piperidine rings is 1. The topological polar surface area (TPSA) is 60.8 Å². The van der Waals surface area contributed by atoms with Crippen LogP contribution in [0.5, 0.6) is 11.5 Å². The molecule has 1 heterocycles. The second kappa shape index (κ2) is 5.68. The Balaban J connectivity index is 1.57. The van der Waals surface area contributed by atoms with Crippen molar-refractivity contribution in [3.63, 3.8) is 0 Å². The number of Topliss-reactive ketones (excluding diaryl/α,β-unsaturated/α-hetero) is 1. The van der Waals surface area contributed by atoms with Crippen molar-refractivity contribution >= 4 is 5.78 Å². The zero-order valence-electron chi connectivity index (χ0n) is 12.3. The summed E-state index contributed by atoms with van der Waals surface area (Å²) in [5.74, 6) is -0.412. The average Bonchev–Trinajstić information content (AvgIpc) is 2.93. The Hall–Kier alpha value is -1.55. The van der Waals surface area contributed by atoms with Crippen molar-refractivity contribution in [2.75, 3.05) is 19.6 Å². The lowest BCUT2D eigenvalue weighted by Crippen LogP contribution is -2.41. The number of phenols is 2. The molecule has 0 atom stereocenters. The molecule has 1 saturated heterocycles. The van der Waals surface area contributed by atoms with Crippen molar-refractivity contribution in [1.29, 1.82) is 0 Å². The molecule has 1 aliphatic heterocycles. The number of rotatable bonds is 3. The number of phenolic OH excluding ortho intramolecular Hbond substituents is 2. The minimum absolute atomic E-state index is 0.00710. The van der Waals surface area contributed by atoms with Crippen LogP contribution in [-0.2, 0) is 0 Å². The summed E-state index contributed by atoms with van der Waals surface area (Å²) in [5.41, 5.74) is 1.03. The Morgan fingerprint density at radius 2 is 1.71 bits per heavy atom. The zero-order chi connectivity index (χ0) is 14.9. The van der Waals surface area contributed by atoms with Crippen LogP contribution in [0.15, 0.2) is 18.2 Å². The normalized spacial score (nSPS) is 21.7. The highest BCUT2D eigenvalue weighted by Crippen LogP contribution is 2.46. The van der Waals surface area contributed by atoms with E-state index in [0.717, 1.165) is 13.1 Å². The van der Waals surface area contributed by atoms with Gasteiger partial charge in [0, 0.05) is 5.56 Å². The van der Waals surface area contributed by atoms with Crippen LogP contribution in [0.2, 0.25) is 0 Å². The number of ketones is 1. The third-order valence-corrected chi connectivity index (χ3v) is 5.25. The lowest BCUT2D eigenvalue weighted by molar-refractivity contribution is 0.0797. The Labute approximate surface area is 125 Å². The number of carbonyl (C=O) groups is 1. The highest BCUT2D eigenvalue weighted by atomic mass is 16.3. The minimum Gasteiger partial charge on any atom is -0.504 e. The van der Waals surface area contributed by atoms with Crippen molar-refractivity contribution in [3.8, 4) is 11.5 Å². The summed E-state index contributed by atoms with van der Waals surface area (Å²) in [7, 11) is 0. The van der Waals surface area contributed by atoms with E-state index in [2.05, 4.69) is 4.90 Å². The summed E-state index contributed by atoms with van der Waals surface area (Å²) in [6.45, 7) is 2.39. The Kier molecular flexibility index (Phi) is 3.89. The van der Waals surface area contributed by atoms with Crippen LogP contribution in [0.25, 0.3) is 0 Å². The molecule has 0 unspecified atom stereocenters. The van der Waals surface area contributed by atoms with Crippen molar-refractivity contribution in [2.24, 2.45) is 5.41 Å². The second-order valence-corrected chi connectivity index (χ2v) is 6.61. The first kappa shape index (κ1) is 14.4. The Morgan fingerprint density at radius 3 is 2.33 bits per heavy atom. The quantitative estimate of drug-likeness (QED) is 0.663. The van der Waals surface area contributed by atoms with Crippen LogP contribution < -0.4 is 0 Å². The molecule has 0 radical (unpaired) electrons. The first-order valence-corrected chi connectivity index (χ1v) is 7.86. The second-order valence-electron chi connectivity index (χ2n) is 6.61. The summed E-state index contributed by atoms with van der Waals surface area (Å²) < 4.78 is 0. The Bertz CT molecular complexity index is 525. The molecule has 2 fully saturated rings. The first-order chi connectivity index (χ1) is 10.1. The minimum atomic E-state index is -0.232. The lowest BCUT2D eigenvalue weighted by atomic mass is 9.77. The number of hydrogen-bond acceptors (Lipinski definition) is 4. The van der Waals surface area contributed by atoms with Crippen LogP contribution in [-0.4, -0.2) is 40.5 Å². The maximum Gasteiger partial charge on any atom is 0.176 e. The number of likely N-dealkylation sites (tertiary alicyclic amines) is 1. The number of hydrogen-bond donors (Lipinski definition) is 2. The maximum atomic E-state index is 12.3. The van der Waals surface area contributed by atoms with Crippen LogP contribution in [0, 0.1) is 5.41 Å². The van der Waals surface area contributed by atoms with Crippen molar-refractivity contribution in [1.82, 2.24) is 4.90 Å². The molecular formula is C17H23NO3. The first-order valence-electron chi connectivity index (χ1n) is 7.86. The van der Waals surface area contributed by atoms with E-state index in [1.807, 2.05) is 0 Å². The lowest BCUT2D eigenvalue weighted by Gasteiger charge is -2.39. The van der Waals surface area contributed by atoms with Crippen LogP contribution >= 0.6 is 0 Å². The fourth-order valence-electron chi connectivity index (χ4n) is 3.80. The van der Waals surface area contributed by atoms with Crippen molar-refractivity contribution in [3.05, 3.63) is 23.8 Å². The molecule has 2 aliphatic rings. The monoisotopic (exact) mass is 289 g/mol. The molecule has 1 aliphatic carbocycles. The molecule has 4 nitrogen and oxygen atoms in total. The van der Waals surface area contributed by atoms with Gasteiger partial charge in [-0.25, -0.2) is 0 Å². The molecule has 1 spiro atoms. The molecule has 1 saturated carbocycles. The molecule has 3 rings (SSSR count). The van der Waals surface area contributed by atoms with Gasteiger partial charge in [-0.15, -0.1) is 0 Å². The summed E-state index contributed by atoms with van der Waals surface area (Å²) in [4.78, 5) is 14.5. The molecule has 4 heteroatoms.